The molecule has 1 aliphatic carbocycles. The van der Waals surface area contributed by atoms with E-state index in [1.54, 1.807) is 6.33 Å². The third-order valence-corrected chi connectivity index (χ3v) is 3.81. The normalized spacial score (nSPS) is 19.3. The number of hydrogen-bond acceptors (Lipinski definition) is 7. The van der Waals surface area contributed by atoms with Crippen molar-refractivity contribution in [2.24, 2.45) is 11.3 Å². The summed E-state index contributed by atoms with van der Waals surface area (Å²) >= 11 is 0. The van der Waals surface area contributed by atoms with Crippen LogP contribution in [0.5, 0.6) is 0 Å². The Morgan fingerprint density at radius 1 is 1.24 bits per heavy atom. The van der Waals surface area contributed by atoms with Crippen molar-refractivity contribution in [2.75, 3.05) is 23.7 Å². The van der Waals surface area contributed by atoms with Crippen LogP contribution >= 0.6 is 0 Å². The minimum atomic E-state index is 0.430. The third-order valence-electron chi connectivity index (χ3n) is 3.81. The van der Waals surface area contributed by atoms with Crippen molar-refractivity contribution in [1.29, 1.82) is 0 Å². The lowest BCUT2D eigenvalue weighted by molar-refractivity contribution is 0.572. The van der Waals surface area contributed by atoms with Crippen LogP contribution < -0.4 is 10.6 Å². The first-order chi connectivity index (χ1) is 10.1. The van der Waals surface area contributed by atoms with Gasteiger partial charge in [-0.2, -0.15) is 24.7 Å². The average molecular weight is 288 g/mol. The SMILES string of the molecule is CCNc1nc(NCC2CC2(C)C)nc(-n2cncn2)n1. The molecule has 0 bridgehead atoms. The molecule has 1 unspecified atom stereocenters. The molecule has 21 heavy (non-hydrogen) atoms. The predicted molar refractivity (Wildman–Crippen MR) is 79.3 cm³/mol. The maximum Gasteiger partial charge on any atom is 0.258 e. The quantitative estimate of drug-likeness (QED) is 0.828. The number of aromatic nitrogens is 6. The van der Waals surface area contributed by atoms with Crippen molar-refractivity contribution >= 4 is 11.9 Å². The van der Waals surface area contributed by atoms with Gasteiger partial charge in [-0.25, -0.2) is 4.98 Å². The van der Waals surface area contributed by atoms with Gasteiger partial charge in [-0.3, -0.25) is 0 Å². The molecular weight excluding hydrogens is 268 g/mol. The molecule has 0 amide bonds. The molecular formula is C13H20N8. The number of rotatable bonds is 6. The van der Waals surface area contributed by atoms with Gasteiger partial charge in [0.05, 0.1) is 0 Å². The van der Waals surface area contributed by atoms with Gasteiger partial charge in [-0.15, -0.1) is 0 Å². The summed E-state index contributed by atoms with van der Waals surface area (Å²) in [6.45, 7) is 8.17. The van der Waals surface area contributed by atoms with Crippen molar-refractivity contribution < 1.29 is 0 Å². The fourth-order valence-corrected chi connectivity index (χ4v) is 2.23. The van der Waals surface area contributed by atoms with Crippen LogP contribution in [0.15, 0.2) is 12.7 Å². The summed E-state index contributed by atoms with van der Waals surface area (Å²) in [4.78, 5) is 17.0. The highest BCUT2D eigenvalue weighted by Crippen LogP contribution is 2.51. The molecule has 3 rings (SSSR count). The zero-order valence-corrected chi connectivity index (χ0v) is 12.5. The van der Waals surface area contributed by atoms with Gasteiger partial charge in [0.15, 0.2) is 0 Å². The maximum atomic E-state index is 4.39. The molecule has 0 spiro atoms. The van der Waals surface area contributed by atoms with E-state index in [4.69, 9.17) is 0 Å². The Kier molecular flexibility index (Phi) is 3.44. The Morgan fingerprint density at radius 3 is 2.52 bits per heavy atom. The fraction of sp³-hybridized carbons (Fsp3) is 0.615. The fourth-order valence-electron chi connectivity index (χ4n) is 2.23. The molecule has 1 saturated carbocycles. The van der Waals surface area contributed by atoms with Crippen LogP contribution in [0.4, 0.5) is 11.9 Å². The van der Waals surface area contributed by atoms with Crippen LogP contribution in [0, 0.1) is 11.3 Å². The van der Waals surface area contributed by atoms with Crippen molar-refractivity contribution in [3.8, 4) is 5.95 Å². The molecule has 2 heterocycles. The topological polar surface area (TPSA) is 93.4 Å². The van der Waals surface area contributed by atoms with Gasteiger partial charge in [-0.1, -0.05) is 13.8 Å². The Hall–Kier alpha value is -2.25. The van der Waals surface area contributed by atoms with E-state index in [0.29, 0.717) is 29.2 Å². The van der Waals surface area contributed by atoms with Crippen LogP contribution in [0.1, 0.15) is 27.2 Å². The lowest BCUT2D eigenvalue weighted by atomic mass is 10.1. The first-order valence-corrected chi connectivity index (χ1v) is 7.17. The molecule has 2 N–H and O–H groups in total. The van der Waals surface area contributed by atoms with Gasteiger partial charge in [0, 0.05) is 13.1 Å². The van der Waals surface area contributed by atoms with E-state index in [2.05, 4.69) is 49.5 Å². The highest BCUT2D eigenvalue weighted by atomic mass is 15.4. The second kappa shape index (κ2) is 5.27. The molecule has 1 aliphatic rings. The number of nitrogens with zero attached hydrogens (tertiary/aromatic N) is 6. The summed E-state index contributed by atoms with van der Waals surface area (Å²) in [5.74, 6) is 2.23. The first-order valence-electron chi connectivity index (χ1n) is 7.17. The van der Waals surface area contributed by atoms with Crippen molar-refractivity contribution in [3.05, 3.63) is 12.7 Å². The minimum Gasteiger partial charge on any atom is -0.354 e. The molecule has 2 aromatic rings. The maximum absolute atomic E-state index is 4.39. The van der Waals surface area contributed by atoms with E-state index in [1.165, 1.54) is 17.4 Å². The van der Waals surface area contributed by atoms with Gasteiger partial charge in [-0.05, 0) is 24.7 Å². The second-order valence-electron chi connectivity index (χ2n) is 5.92. The van der Waals surface area contributed by atoms with Gasteiger partial charge in [0.25, 0.3) is 5.95 Å². The van der Waals surface area contributed by atoms with E-state index in [9.17, 15) is 0 Å². The van der Waals surface area contributed by atoms with Crippen LogP contribution in [0.2, 0.25) is 0 Å². The van der Waals surface area contributed by atoms with E-state index < -0.39 is 0 Å². The largest absolute Gasteiger partial charge is 0.354 e. The Bertz CT molecular complexity index is 607. The van der Waals surface area contributed by atoms with Crippen LogP contribution in [-0.4, -0.2) is 42.8 Å². The van der Waals surface area contributed by atoms with Crippen LogP contribution in [0.3, 0.4) is 0 Å². The van der Waals surface area contributed by atoms with Crippen molar-refractivity contribution in [3.63, 3.8) is 0 Å². The summed E-state index contributed by atoms with van der Waals surface area (Å²) in [6, 6.07) is 0. The monoisotopic (exact) mass is 288 g/mol. The van der Waals surface area contributed by atoms with E-state index in [-0.39, 0.29) is 0 Å². The number of anilines is 2. The number of hydrogen-bond donors (Lipinski definition) is 2. The zero-order valence-electron chi connectivity index (χ0n) is 12.5. The lowest BCUT2D eigenvalue weighted by Crippen LogP contribution is -2.15. The lowest BCUT2D eigenvalue weighted by Gasteiger charge is -2.09. The van der Waals surface area contributed by atoms with Crippen LogP contribution in [0.25, 0.3) is 5.95 Å². The van der Waals surface area contributed by atoms with Crippen molar-refractivity contribution in [2.45, 2.75) is 27.2 Å². The molecule has 0 aromatic carbocycles. The van der Waals surface area contributed by atoms with Gasteiger partial charge in [0.1, 0.15) is 12.7 Å². The number of nitrogens with one attached hydrogen (secondary N) is 2. The first kappa shape index (κ1) is 13.7. The smallest absolute Gasteiger partial charge is 0.258 e. The van der Waals surface area contributed by atoms with Gasteiger partial charge >= 0.3 is 0 Å². The standard InChI is InChI=1S/C13H20N8/c1-4-15-10-18-11(16-6-9-5-13(9,2)3)20-12(19-10)21-8-14-7-17-21/h7-9H,4-6H2,1-3H3,(H2,15,16,18,19,20). The molecule has 1 fully saturated rings. The minimum absolute atomic E-state index is 0.430. The summed E-state index contributed by atoms with van der Waals surface area (Å²) < 4.78 is 1.52. The van der Waals surface area contributed by atoms with E-state index >= 15 is 0 Å². The average Bonchev–Trinajstić information content (AvgIpc) is 2.88. The molecule has 2 aromatic heterocycles. The third kappa shape index (κ3) is 3.09. The summed E-state index contributed by atoms with van der Waals surface area (Å²) in [6.07, 6.45) is 4.26. The van der Waals surface area contributed by atoms with E-state index in [1.807, 2.05) is 6.92 Å². The molecule has 0 aliphatic heterocycles. The Balaban J connectivity index is 1.78. The summed E-state index contributed by atoms with van der Waals surface area (Å²) in [5.41, 5.74) is 0.430. The van der Waals surface area contributed by atoms with Gasteiger partial charge < -0.3 is 10.6 Å². The highest BCUT2D eigenvalue weighted by Gasteiger charge is 2.45. The van der Waals surface area contributed by atoms with Crippen molar-refractivity contribution in [1.82, 2.24) is 29.7 Å². The predicted octanol–water partition coefficient (Wildman–Crippen LogP) is 1.34. The zero-order chi connectivity index (χ0) is 14.9. The highest BCUT2D eigenvalue weighted by molar-refractivity contribution is 5.37. The van der Waals surface area contributed by atoms with Crippen LogP contribution in [-0.2, 0) is 0 Å². The molecule has 112 valence electrons. The molecule has 0 saturated heterocycles. The summed E-state index contributed by atoms with van der Waals surface area (Å²) in [5, 5.41) is 10.5. The molecule has 1 atom stereocenters. The molecule has 8 heteroatoms. The van der Waals surface area contributed by atoms with Gasteiger partial charge in [0.2, 0.25) is 11.9 Å². The van der Waals surface area contributed by atoms with E-state index in [0.717, 1.165) is 13.1 Å². The Labute approximate surface area is 123 Å². The molecule has 0 radical (unpaired) electrons. The summed E-state index contributed by atoms with van der Waals surface area (Å²) in [7, 11) is 0. The second-order valence-corrected chi connectivity index (χ2v) is 5.92. The Morgan fingerprint density at radius 2 is 1.95 bits per heavy atom. The molecule has 8 nitrogen and oxygen atoms in total.